The van der Waals surface area contributed by atoms with Crippen molar-refractivity contribution in [3.63, 3.8) is 0 Å². The van der Waals surface area contributed by atoms with Gasteiger partial charge in [-0.2, -0.15) is 0 Å². The summed E-state index contributed by atoms with van der Waals surface area (Å²) in [6.07, 6.45) is -0.251. The zero-order valence-corrected chi connectivity index (χ0v) is 9.30. The van der Waals surface area contributed by atoms with Gasteiger partial charge in [-0.15, -0.1) is 0 Å². The molecule has 1 heterocycles. The molecule has 92 valence electrons. The van der Waals surface area contributed by atoms with E-state index in [0.29, 0.717) is 12.5 Å². The Bertz CT molecular complexity index is 399. The predicted molar refractivity (Wildman–Crippen MR) is 59.4 cm³/mol. The normalized spacial score (nSPS) is 15.4. The van der Waals surface area contributed by atoms with Crippen molar-refractivity contribution in [1.82, 2.24) is 10.6 Å². The van der Waals surface area contributed by atoms with Crippen molar-refractivity contribution in [3.8, 4) is 0 Å². The third-order valence-electron chi connectivity index (χ3n) is 2.85. The van der Waals surface area contributed by atoms with Gasteiger partial charge in [0, 0.05) is 31.1 Å². The van der Waals surface area contributed by atoms with Gasteiger partial charge >= 0.3 is 0 Å². The van der Waals surface area contributed by atoms with Crippen LogP contribution in [0.4, 0.5) is 8.78 Å². The first-order valence-electron chi connectivity index (χ1n) is 5.57. The van der Waals surface area contributed by atoms with Crippen LogP contribution in [-0.4, -0.2) is 25.5 Å². The first-order chi connectivity index (χ1) is 8.16. The second kappa shape index (κ2) is 5.23. The van der Waals surface area contributed by atoms with Crippen molar-refractivity contribution >= 4 is 5.91 Å². The van der Waals surface area contributed by atoms with Gasteiger partial charge in [0.25, 0.3) is 0 Å². The number of carbonyl (C=O) groups is 1. The van der Waals surface area contributed by atoms with E-state index >= 15 is 0 Å². The first-order valence-corrected chi connectivity index (χ1v) is 5.57. The van der Waals surface area contributed by atoms with Gasteiger partial charge < -0.3 is 10.6 Å². The quantitative estimate of drug-likeness (QED) is 0.819. The zero-order chi connectivity index (χ0) is 12.3. The lowest BCUT2D eigenvalue weighted by atomic mass is 10.0. The second-order valence-corrected chi connectivity index (χ2v) is 4.21. The molecular weight excluding hydrogens is 226 g/mol. The molecule has 0 aromatic heterocycles. The Hall–Kier alpha value is -1.49. The fraction of sp³-hybridized carbons (Fsp3) is 0.417. The third-order valence-corrected chi connectivity index (χ3v) is 2.85. The van der Waals surface area contributed by atoms with Crippen LogP contribution in [-0.2, 0) is 11.2 Å². The van der Waals surface area contributed by atoms with E-state index in [2.05, 4.69) is 10.6 Å². The van der Waals surface area contributed by atoms with Crippen LogP contribution in [0.3, 0.4) is 0 Å². The summed E-state index contributed by atoms with van der Waals surface area (Å²) in [5, 5.41) is 5.76. The number of amides is 1. The molecule has 0 saturated carbocycles. The van der Waals surface area contributed by atoms with Gasteiger partial charge in [-0.05, 0) is 12.1 Å². The van der Waals surface area contributed by atoms with Gasteiger partial charge in [0.1, 0.15) is 11.6 Å². The van der Waals surface area contributed by atoms with Crippen LogP contribution >= 0.6 is 0 Å². The highest BCUT2D eigenvalue weighted by Gasteiger charge is 2.18. The molecule has 0 bridgehead atoms. The summed E-state index contributed by atoms with van der Waals surface area (Å²) in [6.45, 7) is 2.32. The summed E-state index contributed by atoms with van der Waals surface area (Å²) >= 11 is 0. The molecule has 0 aliphatic carbocycles. The maximum Gasteiger partial charge on any atom is 0.224 e. The van der Waals surface area contributed by atoms with E-state index in [4.69, 9.17) is 0 Å². The summed E-state index contributed by atoms with van der Waals surface area (Å²) in [5.74, 6) is -1.26. The maximum atomic E-state index is 13.3. The topological polar surface area (TPSA) is 41.1 Å². The molecule has 1 aliphatic rings. The monoisotopic (exact) mass is 240 g/mol. The van der Waals surface area contributed by atoms with Gasteiger partial charge in [0.05, 0.1) is 6.42 Å². The molecule has 2 N–H and O–H groups in total. The van der Waals surface area contributed by atoms with Gasteiger partial charge in [0.15, 0.2) is 0 Å². The minimum Gasteiger partial charge on any atom is -0.355 e. The van der Waals surface area contributed by atoms with Crippen LogP contribution in [0.15, 0.2) is 18.2 Å². The standard InChI is InChI=1S/C12H14F2N2O/c13-10-2-1-3-11(14)9(10)4-12(17)16-7-8-5-15-6-8/h1-3,8,15H,4-7H2,(H,16,17). The lowest BCUT2D eigenvalue weighted by Gasteiger charge is -2.27. The summed E-state index contributed by atoms with van der Waals surface area (Å²) in [4.78, 5) is 11.5. The van der Waals surface area contributed by atoms with Crippen LogP contribution in [0, 0.1) is 17.6 Å². The molecule has 1 aromatic rings. The highest BCUT2D eigenvalue weighted by Crippen LogP contribution is 2.12. The number of benzene rings is 1. The molecule has 1 fully saturated rings. The van der Waals surface area contributed by atoms with Crippen LogP contribution < -0.4 is 10.6 Å². The number of nitrogens with one attached hydrogen (secondary N) is 2. The Morgan fingerprint density at radius 2 is 2.00 bits per heavy atom. The number of rotatable bonds is 4. The fourth-order valence-electron chi connectivity index (χ4n) is 1.68. The summed E-state index contributed by atoms with van der Waals surface area (Å²) in [6, 6.07) is 3.59. The van der Waals surface area contributed by atoms with Gasteiger partial charge in [-0.3, -0.25) is 4.79 Å². The molecule has 2 rings (SSSR count). The lowest BCUT2D eigenvalue weighted by Crippen LogP contribution is -2.48. The summed E-state index contributed by atoms with van der Waals surface area (Å²) in [5.41, 5.74) is -0.170. The molecule has 0 unspecified atom stereocenters. The molecule has 5 heteroatoms. The molecule has 0 atom stereocenters. The second-order valence-electron chi connectivity index (χ2n) is 4.21. The predicted octanol–water partition coefficient (Wildman–Crippen LogP) is 0.843. The number of hydrogen-bond acceptors (Lipinski definition) is 2. The molecular formula is C12H14F2N2O. The highest BCUT2D eigenvalue weighted by atomic mass is 19.1. The fourth-order valence-corrected chi connectivity index (χ4v) is 1.68. The average Bonchev–Trinajstić information content (AvgIpc) is 2.21. The van der Waals surface area contributed by atoms with Crippen LogP contribution in [0.25, 0.3) is 0 Å². The Kier molecular flexibility index (Phi) is 3.68. The van der Waals surface area contributed by atoms with Crippen molar-refractivity contribution in [2.24, 2.45) is 5.92 Å². The van der Waals surface area contributed by atoms with Crippen molar-refractivity contribution in [3.05, 3.63) is 35.4 Å². The number of hydrogen-bond donors (Lipinski definition) is 2. The van der Waals surface area contributed by atoms with E-state index in [-0.39, 0.29) is 17.9 Å². The Morgan fingerprint density at radius 1 is 1.35 bits per heavy atom. The van der Waals surface area contributed by atoms with Crippen molar-refractivity contribution < 1.29 is 13.6 Å². The summed E-state index contributed by atoms with van der Waals surface area (Å²) < 4.78 is 26.5. The smallest absolute Gasteiger partial charge is 0.224 e. The Morgan fingerprint density at radius 3 is 2.53 bits per heavy atom. The van der Waals surface area contributed by atoms with Crippen LogP contribution in [0.1, 0.15) is 5.56 Å². The molecule has 1 saturated heterocycles. The van der Waals surface area contributed by atoms with E-state index in [0.717, 1.165) is 25.2 Å². The number of halogens is 2. The summed E-state index contributed by atoms with van der Waals surface area (Å²) in [7, 11) is 0. The minimum absolute atomic E-state index is 0.170. The molecule has 1 aliphatic heterocycles. The van der Waals surface area contributed by atoms with Crippen molar-refractivity contribution in [1.29, 1.82) is 0 Å². The van der Waals surface area contributed by atoms with Crippen LogP contribution in [0.5, 0.6) is 0 Å². The van der Waals surface area contributed by atoms with Crippen LogP contribution in [0.2, 0.25) is 0 Å². The molecule has 0 spiro atoms. The van der Waals surface area contributed by atoms with E-state index in [1.165, 1.54) is 6.07 Å². The Labute approximate surface area is 98.2 Å². The van der Waals surface area contributed by atoms with E-state index in [1.807, 2.05) is 0 Å². The van der Waals surface area contributed by atoms with E-state index in [1.54, 1.807) is 0 Å². The largest absolute Gasteiger partial charge is 0.355 e. The third kappa shape index (κ3) is 3.00. The Balaban J connectivity index is 1.88. The number of carbonyl (C=O) groups excluding carboxylic acids is 1. The van der Waals surface area contributed by atoms with Gasteiger partial charge in [0.2, 0.25) is 5.91 Å². The van der Waals surface area contributed by atoms with E-state index < -0.39 is 11.6 Å². The van der Waals surface area contributed by atoms with Gasteiger partial charge in [-0.25, -0.2) is 8.78 Å². The molecule has 17 heavy (non-hydrogen) atoms. The average molecular weight is 240 g/mol. The SMILES string of the molecule is O=C(Cc1c(F)cccc1F)NCC1CNC1. The lowest BCUT2D eigenvalue weighted by molar-refractivity contribution is -0.120. The molecule has 3 nitrogen and oxygen atoms in total. The zero-order valence-electron chi connectivity index (χ0n) is 9.30. The van der Waals surface area contributed by atoms with Crippen molar-refractivity contribution in [2.45, 2.75) is 6.42 Å². The maximum absolute atomic E-state index is 13.3. The van der Waals surface area contributed by atoms with E-state index in [9.17, 15) is 13.6 Å². The molecule has 1 amide bonds. The molecule has 0 radical (unpaired) electrons. The van der Waals surface area contributed by atoms with Gasteiger partial charge in [-0.1, -0.05) is 6.07 Å². The highest BCUT2D eigenvalue weighted by molar-refractivity contribution is 5.78. The van der Waals surface area contributed by atoms with Crippen molar-refractivity contribution in [2.75, 3.05) is 19.6 Å². The first kappa shape index (κ1) is 12.0. The molecule has 1 aromatic carbocycles. The minimum atomic E-state index is -0.675.